The van der Waals surface area contributed by atoms with E-state index in [9.17, 15) is 4.79 Å². The van der Waals surface area contributed by atoms with Crippen LogP contribution in [0.25, 0.3) is 0 Å². The van der Waals surface area contributed by atoms with E-state index >= 15 is 0 Å². The number of hydrogen-bond acceptors (Lipinski definition) is 2. The molecule has 0 radical (unpaired) electrons. The van der Waals surface area contributed by atoms with Crippen LogP contribution in [0.3, 0.4) is 0 Å². The Bertz CT molecular complexity index is 364. The SMILES string of the molecule is O=C(O)C[C@@H]1CCCN(Cc2ccccc2)C1. The van der Waals surface area contributed by atoms with Gasteiger partial charge in [-0.1, -0.05) is 30.3 Å². The minimum absolute atomic E-state index is 0.311. The predicted molar refractivity (Wildman–Crippen MR) is 66.7 cm³/mol. The molecule has 1 heterocycles. The Morgan fingerprint density at radius 2 is 2.12 bits per heavy atom. The average molecular weight is 233 g/mol. The summed E-state index contributed by atoms with van der Waals surface area (Å²) in [4.78, 5) is 13.1. The highest BCUT2D eigenvalue weighted by Crippen LogP contribution is 2.21. The maximum Gasteiger partial charge on any atom is 0.303 e. The summed E-state index contributed by atoms with van der Waals surface area (Å²) in [5.41, 5.74) is 1.31. The van der Waals surface area contributed by atoms with Gasteiger partial charge in [0.1, 0.15) is 0 Å². The fourth-order valence-electron chi connectivity index (χ4n) is 2.55. The van der Waals surface area contributed by atoms with E-state index in [0.717, 1.165) is 32.5 Å². The summed E-state index contributed by atoms with van der Waals surface area (Å²) in [6.45, 7) is 2.95. The van der Waals surface area contributed by atoms with Gasteiger partial charge >= 0.3 is 5.97 Å². The van der Waals surface area contributed by atoms with Gasteiger partial charge in [0.15, 0.2) is 0 Å². The van der Waals surface area contributed by atoms with Crippen LogP contribution in [0.15, 0.2) is 30.3 Å². The number of carboxylic acid groups (broad SMARTS) is 1. The zero-order valence-electron chi connectivity index (χ0n) is 10.0. The van der Waals surface area contributed by atoms with Gasteiger partial charge in [-0.2, -0.15) is 0 Å². The highest BCUT2D eigenvalue weighted by atomic mass is 16.4. The van der Waals surface area contributed by atoms with Crippen molar-refractivity contribution >= 4 is 5.97 Å². The zero-order valence-corrected chi connectivity index (χ0v) is 10.0. The fraction of sp³-hybridized carbons (Fsp3) is 0.500. The molecule has 3 heteroatoms. The van der Waals surface area contributed by atoms with Crippen molar-refractivity contribution in [1.82, 2.24) is 4.90 Å². The average Bonchev–Trinajstić information content (AvgIpc) is 2.30. The number of rotatable bonds is 4. The van der Waals surface area contributed by atoms with Crippen molar-refractivity contribution < 1.29 is 9.90 Å². The Morgan fingerprint density at radius 1 is 1.35 bits per heavy atom. The van der Waals surface area contributed by atoms with E-state index in [1.54, 1.807) is 0 Å². The van der Waals surface area contributed by atoms with Crippen LogP contribution < -0.4 is 0 Å². The minimum atomic E-state index is -0.670. The summed E-state index contributed by atoms with van der Waals surface area (Å²) in [6, 6.07) is 10.4. The molecule has 0 bridgehead atoms. The van der Waals surface area contributed by atoms with Crippen LogP contribution in [0.2, 0.25) is 0 Å². The third kappa shape index (κ3) is 3.86. The first-order chi connectivity index (χ1) is 8.24. The van der Waals surface area contributed by atoms with Gasteiger partial charge in [-0.15, -0.1) is 0 Å². The summed E-state index contributed by atoms with van der Waals surface area (Å²) in [6.07, 6.45) is 2.48. The smallest absolute Gasteiger partial charge is 0.303 e. The quantitative estimate of drug-likeness (QED) is 0.868. The monoisotopic (exact) mass is 233 g/mol. The Labute approximate surface area is 102 Å². The molecule has 1 N–H and O–H groups in total. The molecule has 17 heavy (non-hydrogen) atoms. The molecule has 92 valence electrons. The molecular weight excluding hydrogens is 214 g/mol. The lowest BCUT2D eigenvalue weighted by molar-refractivity contribution is -0.138. The van der Waals surface area contributed by atoms with Crippen molar-refractivity contribution in [3.05, 3.63) is 35.9 Å². The van der Waals surface area contributed by atoms with E-state index in [0.29, 0.717) is 12.3 Å². The Morgan fingerprint density at radius 3 is 2.82 bits per heavy atom. The molecule has 2 rings (SSSR count). The lowest BCUT2D eigenvalue weighted by Gasteiger charge is -2.32. The van der Waals surface area contributed by atoms with E-state index < -0.39 is 5.97 Å². The molecule has 0 amide bonds. The van der Waals surface area contributed by atoms with E-state index in [4.69, 9.17) is 5.11 Å². The molecule has 1 atom stereocenters. The van der Waals surface area contributed by atoms with E-state index in [1.807, 2.05) is 18.2 Å². The highest BCUT2D eigenvalue weighted by Gasteiger charge is 2.21. The first-order valence-corrected chi connectivity index (χ1v) is 6.22. The number of piperidine rings is 1. The summed E-state index contributed by atoms with van der Waals surface area (Å²) < 4.78 is 0. The topological polar surface area (TPSA) is 40.5 Å². The molecule has 1 aliphatic rings. The maximum absolute atomic E-state index is 10.7. The van der Waals surface area contributed by atoms with Gasteiger partial charge in [-0.05, 0) is 30.9 Å². The molecule has 0 spiro atoms. The van der Waals surface area contributed by atoms with Gasteiger partial charge in [-0.25, -0.2) is 0 Å². The first-order valence-electron chi connectivity index (χ1n) is 6.22. The standard InChI is InChI=1S/C14H19NO2/c16-14(17)9-13-7-4-8-15(11-13)10-12-5-2-1-3-6-12/h1-3,5-6,13H,4,7-11H2,(H,16,17)/t13-/m0/s1. The third-order valence-corrected chi connectivity index (χ3v) is 3.32. The largest absolute Gasteiger partial charge is 0.481 e. The van der Waals surface area contributed by atoms with E-state index in [2.05, 4.69) is 17.0 Å². The summed E-state index contributed by atoms with van der Waals surface area (Å²) >= 11 is 0. The molecule has 0 aliphatic carbocycles. The summed E-state index contributed by atoms with van der Waals surface area (Å²) in [5.74, 6) is -0.346. The number of nitrogens with zero attached hydrogens (tertiary/aromatic N) is 1. The third-order valence-electron chi connectivity index (χ3n) is 3.32. The predicted octanol–water partition coefficient (Wildman–Crippen LogP) is 2.37. The number of likely N-dealkylation sites (tertiary alicyclic amines) is 1. The summed E-state index contributed by atoms with van der Waals surface area (Å²) in [5, 5.41) is 8.82. The number of carbonyl (C=O) groups is 1. The van der Waals surface area contributed by atoms with Gasteiger partial charge < -0.3 is 5.11 Å². The number of benzene rings is 1. The number of carboxylic acids is 1. The van der Waals surface area contributed by atoms with Gasteiger partial charge in [0.2, 0.25) is 0 Å². The van der Waals surface area contributed by atoms with Crippen molar-refractivity contribution in [3.8, 4) is 0 Å². The highest BCUT2D eigenvalue weighted by molar-refractivity contribution is 5.67. The molecule has 1 aliphatic heterocycles. The van der Waals surface area contributed by atoms with Gasteiger partial charge in [0.25, 0.3) is 0 Å². The molecule has 0 aromatic heterocycles. The normalized spacial score (nSPS) is 21.3. The van der Waals surface area contributed by atoms with Crippen LogP contribution in [0.4, 0.5) is 0 Å². The van der Waals surface area contributed by atoms with Crippen molar-refractivity contribution in [2.75, 3.05) is 13.1 Å². The molecule has 1 aromatic rings. The van der Waals surface area contributed by atoms with Crippen LogP contribution in [-0.2, 0) is 11.3 Å². The lowest BCUT2D eigenvalue weighted by atomic mass is 9.94. The van der Waals surface area contributed by atoms with Crippen molar-refractivity contribution in [1.29, 1.82) is 0 Å². The van der Waals surface area contributed by atoms with Crippen LogP contribution in [0.1, 0.15) is 24.8 Å². The maximum atomic E-state index is 10.7. The van der Waals surface area contributed by atoms with Crippen molar-refractivity contribution in [3.63, 3.8) is 0 Å². The first kappa shape index (κ1) is 12.1. The van der Waals surface area contributed by atoms with Crippen LogP contribution in [-0.4, -0.2) is 29.1 Å². The van der Waals surface area contributed by atoms with Crippen LogP contribution in [0.5, 0.6) is 0 Å². The molecule has 1 aromatic carbocycles. The Kier molecular flexibility index (Phi) is 4.15. The molecule has 3 nitrogen and oxygen atoms in total. The molecular formula is C14H19NO2. The fourth-order valence-corrected chi connectivity index (χ4v) is 2.55. The minimum Gasteiger partial charge on any atom is -0.481 e. The lowest BCUT2D eigenvalue weighted by Crippen LogP contribution is -2.35. The van der Waals surface area contributed by atoms with Gasteiger partial charge in [0.05, 0.1) is 0 Å². The molecule has 1 saturated heterocycles. The van der Waals surface area contributed by atoms with Crippen LogP contribution in [0, 0.1) is 5.92 Å². The second-order valence-corrected chi connectivity index (χ2v) is 4.83. The van der Waals surface area contributed by atoms with Crippen molar-refractivity contribution in [2.45, 2.75) is 25.8 Å². The Balaban J connectivity index is 1.87. The van der Waals surface area contributed by atoms with Crippen LogP contribution >= 0.6 is 0 Å². The molecule has 0 unspecified atom stereocenters. The molecule has 0 saturated carbocycles. The van der Waals surface area contributed by atoms with Gasteiger partial charge in [0, 0.05) is 19.5 Å². The van der Waals surface area contributed by atoms with E-state index in [-0.39, 0.29) is 0 Å². The summed E-state index contributed by atoms with van der Waals surface area (Å²) in [7, 11) is 0. The van der Waals surface area contributed by atoms with Gasteiger partial charge in [-0.3, -0.25) is 9.69 Å². The second-order valence-electron chi connectivity index (χ2n) is 4.83. The Hall–Kier alpha value is -1.35. The molecule has 1 fully saturated rings. The number of hydrogen-bond donors (Lipinski definition) is 1. The zero-order chi connectivity index (χ0) is 12.1. The van der Waals surface area contributed by atoms with E-state index in [1.165, 1.54) is 5.56 Å². The van der Waals surface area contributed by atoms with Crippen molar-refractivity contribution in [2.24, 2.45) is 5.92 Å². The number of aliphatic carboxylic acids is 1. The second kappa shape index (κ2) is 5.82.